The molecule has 150 valence electrons. The van der Waals surface area contributed by atoms with E-state index in [1.807, 2.05) is 0 Å². The molecule has 3 atom stereocenters. The van der Waals surface area contributed by atoms with Crippen LogP contribution in [-0.2, 0) is 9.53 Å². The van der Waals surface area contributed by atoms with Crippen molar-refractivity contribution in [2.75, 3.05) is 27.9 Å². The van der Waals surface area contributed by atoms with Gasteiger partial charge in [0.2, 0.25) is 0 Å². The summed E-state index contributed by atoms with van der Waals surface area (Å²) in [6, 6.07) is 3.14. The van der Waals surface area contributed by atoms with Crippen LogP contribution in [0.4, 0.5) is 0 Å². The molecule has 1 aromatic carbocycles. The van der Waals surface area contributed by atoms with Gasteiger partial charge >= 0.3 is 5.97 Å². The maximum atomic E-state index is 12.4. The number of rotatable bonds is 7. The van der Waals surface area contributed by atoms with E-state index in [0.29, 0.717) is 23.3 Å². The monoisotopic (exact) mass is 379 g/mol. The van der Waals surface area contributed by atoms with Gasteiger partial charge < -0.3 is 24.3 Å². The van der Waals surface area contributed by atoms with E-state index in [-0.39, 0.29) is 29.9 Å². The summed E-state index contributed by atoms with van der Waals surface area (Å²) in [7, 11) is 4.41. The molecular weight excluding hydrogens is 350 g/mol. The zero-order valence-electron chi connectivity index (χ0n) is 16.7. The van der Waals surface area contributed by atoms with Crippen LogP contribution in [0.25, 0.3) is 0 Å². The van der Waals surface area contributed by atoms with Gasteiger partial charge in [-0.3, -0.25) is 4.79 Å². The first-order chi connectivity index (χ1) is 12.9. The molecule has 1 saturated carbocycles. The van der Waals surface area contributed by atoms with E-state index in [0.717, 1.165) is 12.8 Å². The average Bonchev–Trinajstić information content (AvgIpc) is 2.68. The number of benzene rings is 1. The minimum atomic E-state index is -0.659. The van der Waals surface area contributed by atoms with Crippen LogP contribution < -0.4 is 19.5 Å². The topological polar surface area (TPSA) is 83.1 Å². The van der Waals surface area contributed by atoms with Crippen molar-refractivity contribution in [1.82, 2.24) is 5.32 Å². The smallest absolute Gasteiger partial charge is 0.342 e. The Morgan fingerprint density at radius 2 is 1.63 bits per heavy atom. The van der Waals surface area contributed by atoms with Crippen LogP contribution in [0.1, 0.15) is 43.5 Å². The summed E-state index contributed by atoms with van der Waals surface area (Å²) in [5, 5.41) is 2.98. The Morgan fingerprint density at radius 1 is 1.00 bits per heavy atom. The highest BCUT2D eigenvalue weighted by Gasteiger charge is 2.28. The standard InChI is InChI=1S/C20H29NO6/c1-12-7-6-8-15(13(12)2)21-19(22)11-27-20(23)14-9-17(25-4)18(26-5)10-16(14)24-3/h9-10,12-13,15H,6-8,11H2,1-5H3,(H,21,22)/t12-,13-,15+/m1/s1. The molecule has 0 radical (unpaired) electrons. The van der Waals surface area contributed by atoms with Gasteiger partial charge in [-0.05, 0) is 18.3 Å². The van der Waals surface area contributed by atoms with Gasteiger partial charge in [0, 0.05) is 18.2 Å². The Labute approximate surface area is 160 Å². The molecule has 0 heterocycles. The molecule has 0 spiro atoms. The first-order valence-corrected chi connectivity index (χ1v) is 9.17. The molecule has 2 rings (SSSR count). The van der Waals surface area contributed by atoms with Gasteiger partial charge in [-0.15, -0.1) is 0 Å². The molecule has 0 aromatic heterocycles. The summed E-state index contributed by atoms with van der Waals surface area (Å²) in [4.78, 5) is 24.6. The van der Waals surface area contributed by atoms with Crippen molar-refractivity contribution in [3.8, 4) is 17.2 Å². The number of carbonyl (C=O) groups is 2. The zero-order chi connectivity index (χ0) is 20.0. The van der Waals surface area contributed by atoms with Crippen molar-refractivity contribution >= 4 is 11.9 Å². The fourth-order valence-corrected chi connectivity index (χ4v) is 3.43. The number of hydrogen-bond donors (Lipinski definition) is 1. The third kappa shape index (κ3) is 5.05. The summed E-state index contributed by atoms with van der Waals surface area (Å²) in [5.74, 6) is 1.12. The van der Waals surface area contributed by atoms with E-state index < -0.39 is 5.97 Å². The fourth-order valence-electron chi connectivity index (χ4n) is 3.43. The van der Waals surface area contributed by atoms with Crippen molar-refractivity contribution in [3.05, 3.63) is 17.7 Å². The highest BCUT2D eigenvalue weighted by Crippen LogP contribution is 2.35. The summed E-state index contributed by atoms with van der Waals surface area (Å²) >= 11 is 0. The molecule has 1 N–H and O–H groups in total. The van der Waals surface area contributed by atoms with Crippen LogP contribution >= 0.6 is 0 Å². The number of ether oxygens (including phenoxy) is 4. The Kier molecular flexibility index (Phi) is 7.33. The minimum absolute atomic E-state index is 0.121. The van der Waals surface area contributed by atoms with Gasteiger partial charge in [-0.1, -0.05) is 26.7 Å². The summed E-state index contributed by atoms with van der Waals surface area (Å²) < 4.78 is 20.8. The quantitative estimate of drug-likeness (QED) is 0.734. The largest absolute Gasteiger partial charge is 0.496 e. The first-order valence-electron chi connectivity index (χ1n) is 9.17. The van der Waals surface area contributed by atoms with Crippen molar-refractivity contribution in [1.29, 1.82) is 0 Å². The van der Waals surface area contributed by atoms with E-state index in [9.17, 15) is 9.59 Å². The van der Waals surface area contributed by atoms with Crippen LogP contribution in [0.3, 0.4) is 0 Å². The maximum absolute atomic E-state index is 12.4. The molecule has 1 aliphatic carbocycles. The van der Waals surface area contributed by atoms with Gasteiger partial charge in [0.25, 0.3) is 5.91 Å². The Bertz CT molecular complexity index is 675. The third-order valence-electron chi connectivity index (χ3n) is 5.31. The van der Waals surface area contributed by atoms with Crippen LogP contribution in [0, 0.1) is 11.8 Å². The number of methoxy groups -OCH3 is 3. The predicted octanol–water partition coefficient (Wildman–Crippen LogP) is 2.81. The van der Waals surface area contributed by atoms with Crippen LogP contribution in [0.15, 0.2) is 12.1 Å². The lowest BCUT2D eigenvalue weighted by atomic mass is 9.78. The van der Waals surface area contributed by atoms with Gasteiger partial charge in [0.05, 0.1) is 21.3 Å². The van der Waals surface area contributed by atoms with Gasteiger partial charge in [-0.25, -0.2) is 4.79 Å². The van der Waals surface area contributed by atoms with Crippen molar-refractivity contribution in [3.63, 3.8) is 0 Å². The molecule has 0 saturated heterocycles. The van der Waals surface area contributed by atoms with Crippen molar-refractivity contribution < 1.29 is 28.5 Å². The van der Waals surface area contributed by atoms with Crippen LogP contribution in [-0.4, -0.2) is 45.9 Å². The fraction of sp³-hybridized carbons (Fsp3) is 0.600. The molecule has 27 heavy (non-hydrogen) atoms. The van der Waals surface area contributed by atoms with E-state index in [1.54, 1.807) is 6.07 Å². The van der Waals surface area contributed by atoms with E-state index in [4.69, 9.17) is 18.9 Å². The molecule has 0 aliphatic heterocycles. The molecule has 1 amide bonds. The molecule has 0 bridgehead atoms. The van der Waals surface area contributed by atoms with E-state index in [1.165, 1.54) is 33.8 Å². The highest BCUT2D eigenvalue weighted by molar-refractivity contribution is 5.95. The number of esters is 1. The van der Waals surface area contributed by atoms with Gasteiger partial charge in [-0.2, -0.15) is 0 Å². The summed E-state index contributed by atoms with van der Waals surface area (Å²) in [6.07, 6.45) is 3.23. The second-order valence-corrected chi connectivity index (χ2v) is 6.92. The molecular formula is C20H29NO6. The Morgan fingerprint density at radius 3 is 2.26 bits per heavy atom. The third-order valence-corrected chi connectivity index (χ3v) is 5.31. The van der Waals surface area contributed by atoms with Crippen molar-refractivity contribution in [2.45, 2.75) is 39.2 Å². The minimum Gasteiger partial charge on any atom is -0.496 e. The lowest BCUT2D eigenvalue weighted by molar-refractivity contribution is -0.125. The highest BCUT2D eigenvalue weighted by atomic mass is 16.5. The second-order valence-electron chi connectivity index (χ2n) is 6.92. The average molecular weight is 379 g/mol. The molecule has 1 fully saturated rings. The van der Waals surface area contributed by atoms with Gasteiger partial charge in [0.15, 0.2) is 18.1 Å². The molecule has 0 unspecified atom stereocenters. The summed E-state index contributed by atoms with van der Waals surface area (Å²) in [5.41, 5.74) is 0.169. The maximum Gasteiger partial charge on any atom is 0.342 e. The summed E-state index contributed by atoms with van der Waals surface area (Å²) in [6.45, 7) is 4.01. The van der Waals surface area contributed by atoms with Gasteiger partial charge in [0.1, 0.15) is 11.3 Å². The van der Waals surface area contributed by atoms with Crippen LogP contribution in [0.5, 0.6) is 17.2 Å². The number of carbonyl (C=O) groups excluding carboxylic acids is 2. The SMILES string of the molecule is COc1cc(OC)c(C(=O)OCC(=O)N[C@H]2CCC[C@@H](C)[C@H]2C)cc1OC. The molecule has 7 nitrogen and oxygen atoms in total. The van der Waals surface area contributed by atoms with E-state index in [2.05, 4.69) is 19.2 Å². The number of amides is 1. The Balaban J connectivity index is 1.99. The number of hydrogen-bond acceptors (Lipinski definition) is 6. The van der Waals surface area contributed by atoms with E-state index >= 15 is 0 Å². The number of nitrogens with one attached hydrogen (secondary N) is 1. The molecule has 7 heteroatoms. The van der Waals surface area contributed by atoms with Crippen molar-refractivity contribution in [2.24, 2.45) is 11.8 Å². The normalized spacial score (nSPS) is 21.9. The lowest BCUT2D eigenvalue weighted by Crippen LogP contribution is -2.45. The predicted molar refractivity (Wildman–Crippen MR) is 100 cm³/mol. The second kappa shape index (κ2) is 9.48. The lowest BCUT2D eigenvalue weighted by Gasteiger charge is -2.34. The molecule has 1 aromatic rings. The molecule has 1 aliphatic rings. The van der Waals surface area contributed by atoms with Crippen LogP contribution in [0.2, 0.25) is 0 Å². The first kappa shape index (κ1) is 20.9. The Hall–Kier alpha value is -2.44. The zero-order valence-corrected chi connectivity index (χ0v) is 16.7.